The molecule has 0 aliphatic heterocycles. The first kappa shape index (κ1) is 11.6. The second kappa shape index (κ2) is 4.03. The molecule has 0 amide bonds. The maximum absolute atomic E-state index is 12.8. The molecule has 0 aromatic rings. The predicted molar refractivity (Wildman–Crippen MR) is 50.8 cm³/mol. The van der Waals surface area contributed by atoms with E-state index < -0.39 is 21.6 Å². The Morgan fingerprint density at radius 3 is 2.00 bits per heavy atom. The van der Waals surface area contributed by atoms with Crippen molar-refractivity contribution in [1.29, 1.82) is 0 Å². The second-order valence-corrected chi connectivity index (χ2v) is 6.29. The number of carbonyl (C=O) groups excluding carboxylic acids is 1. The van der Waals surface area contributed by atoms with Gasteiger partial charge in [0.25, 0.3) is 0 Å². The van der Waals surface area contributed by atoms with E-state index in [1.165, 1.54) is 19.4 Å². The molecule has 0 rings (SSSR count). The van der Waals surface area contributed by atoms with Crippen molar-refractivity contribution >= 4 is 20.7 Å². The third-order valence-electron chi connectivity index (χ3n) is 1.89. The fourth-order valence-corrected chi connectivity index (χ4v) is 1.75. The summed E-state index contributed by atoms with van der Waals surface area (Å²) < 4.78 is 24.2. The SMILES string of the molecule is CC(C(C=O)C(C)F)=S(C)(C)=O. The van der Waals surface area contributed by atoms with Crippen LogP contribution in [0, 0.1) is 5.92 Å². The molecule has 0 saturated heterocycles. The normalized spacial score (nSPS) is 16.8. The van der Waals surface area contributed by atoms with Crippen molar-refractivity contribution in [2.24, 2.45) is 5.92 Å². The number of aldehydes is 1. The minimum absolute atomic E-state index is 0.438. The highest BCUT2D eigenvalue weighted by Gasteiger charge is 2.20. The Morgan fingerprint density at radius 1 is 1.50 bits per heavy atom. The summed E-state index contributed by atoms with van der Waals surface area (Å²) >= 11 is 0. The number of halogens is 1. The zero-order valence-corrected chi connectivity index (χ0v) is 8.65. The quantitative estimate of drug-likeness (QED) is 0.494. The molecule has 0 aliphatic rings. The molecule has 0 N–H and O–H groups in total. The van der Waals surface area contributed by atoms with Crippen LogP contribution in [0.25, 0.3) is 0 Å². The van der Waals surface area contributed by atoms with Crippen LogP contribution in [0.1, 0.15) is 13.8 Å². The summed E-state index contributed by atoms with van der Waals surface area (Å²) in [6.07, 6.45) is 2.29. The zero-order chi connectivity index (χ0) is 9.94. The van der Waals surface area contributed by atoms with Gasteiger partial charge in [0.15, 0.2) is 0 Å². The van der Waals surface area contributed by atoms with E-state index in [4.69, 9.17) is 0 Å². The lowest BCUT2D eigenvalue weighted by Gasteiger charge is -2.14. The zero-order valence-electron chi connectivity index (χ0n) is 7.83. The van der Waals surface area contributed by atoms with Gasteiger partial charge in [0.05, 0.1) is 5.92 Å². The van der Waals surface area contributed by atoms with Crippen LogP contribution < -0.4 is 0 Å². The van der Waals surface area contributed by atoms with E-state index in [0.717, 1.165) is 0 Å². The third kappa shape index (κ3) is 2.93. The predicted octanol–water partition coefficient (Wildman–Crippen LogP) is 0.896. The number of carbonyl (C=O) groups is 1. The van der Waals surface area contributed by atoms with Gasteiger partial charge >= 0.3 is 0 Å². The average molecular weight is 194 g/mol. The van der Waals surface area contributed by atoms with Gasteiger partial charge in [-0.2, -0.15) is 0 Å². The van der Waals surface area contributed by atoms with Gasteiger partial charge in [0.1, 0.15) is 12.5 Å². The lowest BCUT2D eigenvalue weighted by Crippen LogP contribution is -2.27. The minimum atomic E-state index is -2.16. The fraction of sp³-hybridized carbons (Fsp3) is 0.750. The first-order chi connectivity index (χ1) is 5.30. The van der Waals surface area contributed by atoms with Crippen molar-refractivity contribution in [3.63, 3.8) is 0 Å². The Morgan fingerprint density at radius 2 is 1.92 bits per heavy atom. The molecule has 12 heavy (non-hydrogen) atoms. The molecule has 0 spiro atoms. The lowest BCUT2D eigenvalue weighted by molar-refractivity contribution is -0.110. The molecule has 0 fully saturated rings. The van der Waals surface area contributed by atoms with Gasteiger partial charge in [-0.1, -0.05) is 0 Å². The van der Waals surface area contributed by atoms with Gasteiger partial charge in [0, 0.05) is 12.5 Å². The summed E-state index contributed by atoms with van der Waals surface area (Å²) in [5.74, 6) is -0.826. The van der Waals surface area contributed by atoms with Gasteiger partial charge in [-0.3, -0.25) is 4.21 Å². The van der Waals surface area contributed by atoms with E-state index in [1.54, 1.807) is 6.92 Å². The molecule has 0 aliphatic carbocycles. The fourth-order valence-electron chi connectivity index (χ4n) is 0.855. The van der Waals surface area contributed by atoms with Crippen molar-refractivity contribution in [3.8, 4) is 0 Å². The van der Waals surface area contributed by atoms with Gasteiger partial charge in [-0.05, 0) is 28.2 Å². The van der Waals surface area contributed by atoms with Crippen LogP contribution in [0.3, 0.4) is 0 Å². The molecular formula is C8H15FO2S. The van der Waals surface area contributed by atoms with Crippen molar-refractivity contribution in [2.45, 2.75) is 20.0 Å². The molecule has 0 heterocycles. The number of hydrogen-bond donors (Lipinski definition) is 0. The molecule has 0 saturated carbocycles. The second-order valence-electron chi connectivity index (χ2n) is 3.18. The van der Waals surface area contributed by atoms with Crippen molar-refractivity contribution < 1.29 is 13.4 Å². The summed E-state index contributed by atoms with van der Waals surface area (Å²) in [5, 5.41) is 0. The van der Waals surface area contributed by atoms with E-state index in [0.29, 0.717) is 11.2 Å². The smallest absolute Gasteiger partial charge is 0.130 e. The van der Waals surface area contributed by atoms with Gasteiger partial charge in [-0.15, -0.1) is 0 Å². The Balaban J connectivity index is 5.04. The largest absolute Gasteiger partial charge is 0.303 e. The summed E-state index contributed by atoms with van der Waals surface area (Å²) in [4.78, 5) is 10.9. The summed E-state index contributed by atoms with van der Waals surface area (Å²) in [5.41, 5.74) is 0. The highest BCUT2D eigenvalue weighted by Crippen LogP contribution is 2.08. The molecule has 0 radical (unpaired) electrons. The topological polar surface area (TPSA) is 34.1 Å². The van der Waals surface area contributed by atoms with E-state index in [1.807, 2.05) is 0 Å². The first-order valence-corrected chi connectivity index (χ1v) is 6.05. The van der Waals surface area contributed by atoms with Crippen LogP contribution in [0.5, 0.6) is 0 Å². The lowest BCUT2D eigenvalue weighted by atomic mass is 10.0. The number of alkyl halides is 1. The summed E-state index contributed by atoms with van der Waals surface area (Å²) in [7, 11) is -2.16. The molecule has 2 atom stereocenters. The highest BCUT2D eigenvalue weighted by molar-refractivity contribution is 8.01. The molecule has 0 aromatic carbocycles. The van der Waals surface area contributed by atoms with Crippen molar-refractivity contribution in [1.82, 2.24) is 0 Å². The minimum Gasteiger partial charge on any atom is -0.303 e. The molecule has 2 nitrogen and oxygen atoms in total. The van der Waals surface area contributed by atoms with E-state index in [-0.39, 0.29) is 0 Å². The van der Waals surface area contributed by atoms with E-state index >= 15 is 0 Å². The molecule has 0 aromatic heterocycles. The molecule has 0 bridgehead atoms. The van der Waals surface area contributed by atoms with E-state index in [9.17, 15) is 13.4 Å². The third-order valence-corrected chi connectivity index (χ3v) is 3.71. The standard InChI is InChI=1S/C8H15FO2S/c1-6(9)8(5-10)7(2)12(3,4)11/h5-6,8H,1-4H3. The van der Waals surface area contributed by atoms with Crippen LogP contribution in [-0.4, -0.2) is 34.0 Å². The van der Waals surface area contributed by atoms with Crippen LogP contribution >= 0.6 is 0 Å². The Bertz CT molecular complexity index is 267. The molecular weight excluding hydrogens is 179 g/mol. The summed E-state index contributed by atoms with van der Waals surface area (Å²) in [6, 6.07) is 0. The Kier molecular flexibility index (Phi) is 3.90. The van der Waals surface area contributed by atoms with Crippen molar-refractivity contribution in [2.75, 3.05) is 12.5 Å². The van der Waals surface area contributed by atoms with Crippen LogP contribution in [-0.2, 0) is 14.3 Å². The maximum Gasteiger partial charge on any atom is 0.130 e. The highest BCUT2D eigenvalue weighted by atomic mass is 32.2. The van der Waals surface area contributed by atoms with Crippen molar-refractivity contribution in [3.05, 3.63) is 0 Å². The Hall–Kier alpha value is -0.380. The van der Waals surface area contributed by atoms with E-state index in [2.05, 4.69) is 0 Å². The first-order valence-electron chi connectivity index (χ1n) is 3.67. The monoisotopic (exact) mass is 194 g/mol. The Labute approximate surface area is 73.2 Å². The average Bonchev–Trinajstić information content (AvgIpc) is 1.86. The van der Waals surface area contributed by atoms with Gasteiger partial charge in [0.2, 0.25) is 0 Å². The number of rotatable bonds is 3. The van der Waals surface area contributed by atoms with Gasteiger partial charge in [-0.25, -0.2) is 4.39 Å². The van der Waals surface area contributed by atoms with Crippen LogP contribution in [0.15, 0.2) is 0 Å². The number of hydrogen-bond acceptors (Lipinski definition) is 2. The van der Waals surface area contributed by atoms with Crippen LogP contribution in [0.2, 0.25) is 0 Å². The molecule has 2 unspecified atom stereocenters. The molecule has 4 heteroatoms. The summed E-state index contributed by atoms with van der Waals surface area (Å²) in [6.45, 7) is 2.87. The molecule has 72 valence electrons. The van der Waals surface area contributed by atoms with Crippen LogP contribution in [0.4, 0.5) is 4.39 Å². The maximum atomic E-state index is 12.8. The van der Waals surface area contributed by atoms with Gasteiger partial charge < -0.3 is 4.79 Å².